The van der Waals surface area contributed by atoms with Crippen molar-refractivity contribution in [1.82, 2.24) is 9.88 Å². The number of carbonyl (C=O) groups is 2. The van der Waals surface area contributed by atoms with E-state index in [1.165, 1.54) is 23.3 Å². The van der Waals surface area contributed by atoms with Crippen LogP contribution < -0.4 is 0 Å². The molecule has 0 N–H and O–H groups in total. The minimum absolute atomic E-state index is 0.119. The molecule has 2 aromatic rings. The number of hydrogen-bond donors (Lipinski definition) is 0. The summed E-state index contributed by atoms with van der Waals surface area (Å²) < 4.78 is 48.1. The molecule has 1 aromatic carbocycles. The Hall–Kier alpha value is -2.46. The van der Waals surface area contributed by atoms with Gasteiger partial charge in [-0.15, -0.1) is 11.3 Å². The van der Waals surface area contributed by atoms with Crippen LogP contribution in [0.4, 0.5) is 13.2 Å². The molecule has 1 amide bonds. The standard InChI is InChI=1S/C19H21F3N2O4S/c1-3-28-18(26)15-12-29-16(23-15)11-24(9-4-10-27-2)17(25)13-5-7-14(8-6-13)19(20,21)22/h5-8,12H,3-4,9-11H2,1-2H3. The first kappa shape index (κ1) is 22.8. The van der Waals surface area contributed by atoms with Crippen LogP contribution in [-0.4, -0.2) is 48.6 Å². The number of benzene rings is 1. The maximum Gasteiger partial charge on any atom is 0.416 e. The molecule has 0 fully saturated rings. The van der Waals surface area contributed by atoms with E-state index in [4.69, 9.17) is 9.47 Å². The topological polar surface area (TPSA) is 68.7 Å². The molecule has 0 aliphatic rings. The first-order chi connectivity index (χ1) is 13.8. The van der Waals surface area contributed by atoms with Crippen LogP contribution in [0.1, 0.15) is 44.8 Å². The molecule has 0 saturated carbocycles. The lowest BCUT2D eigenvalue weighted by atomic mass is 10.1. The quantitative estimate of drug-likeness (QED) is 0.444. The lowest BCUT2D eigenvalue weighted by Gasteiger charge is -2.22. The van der Waals surface area contributed by atoms with E-state index < -0.39 is 23.6 Å². The van der Waals surface area contributed by atoms with Crippen LogP contribution in [0.2, 0.25) is 0 Å². The van der Waals surface area contributed by atoms with E-state index in [0.29, 0.717) is 24.6 Å². The van der Waals surface area contributed by atoms with Gasteiger partial charge in [0.05, 0.1) is 18.7 Å². The minimum Gasteiger partial charge on any atom is -0.461 e. The number of rotatable bonds is 9. The number of nitrogens with zero attached hydrogens (tertiary/aromatic N) is 2. The van der Waals surface area contributed by atoms with E-state index >= 15 is 0 Å². The molecule has 1 heterocycles. The molecule has 6 nitrogen and oxygen atoms in total. The Kier molecular flexibility index (Phi) is 8.15. The van der Waals surface area contributed by atoms with Gasteiger partial charge in [0.25, 0.3) is 5.91 Å². The van der Waals surface area contributed by atoms with Gasteiger partial charge in [-0.2, -0.15) is 13.2 Å². The second-order valence-electron chi connectivity index (χ2n) is 6.00. The number of alkyl halides is 3. The molecule has 0 saturated heterocycles. The molecule has 0 bridgehead atoms. The summed E-state index contributed by atoms with van der Waals surface area (Å²) in [7, 11) is 1.54. The molecular weight excluding hydrogens is 409 g/mol. The summed E-state index contributed by atoms with van der Waals surface area (Å²) in [4.78, 5) is 30.2. The first-order valence-corrected chi connectivity index (χ1v) is 9.71. The number of methoxy groups -OCH3 is 1. The van der Waals surface area contributed by atoms with Gasteiger partial charge in [-0.1, -0.05) is 0 Å². The number of ether oxygens (including phenoxy) is 2. The minimum atomic E-state index is -4.47. The summed E-state index contributed by atoms with van der Waals surface area (Å²) in [5.74, 6) is -0.974. The van der Waals surface area contributed by atoms with Gasteiger partial charge < -0.3 is 14.4 Å². The summed E-state index contributed by atoms with van der Waals surface area (Å²) in [5.41, 5.74) is -0.526. The maximum atomic E-state index is 12.8. The number of thiazole rings is 1. The lowest BCUT2D eigenvalue weighted by molar-refractivity contribution is -0.137. The van der Waals surface area contributed by atoms with E-state index in [1.54, 1.807) is 12.3 Å². The average molecular weight is 430 g/mol. The zero-order chi connectivity index (χ0) is 21.4. The second kappa shape index (κ2) is 10.4. The normalized spacial score (nSPS) is 11.3. The number of amides is 1. The Morgan fingerprint density at radius 1 is 1.21 bits per heavy atom. The fraction of sp³-hybridized carbons (Fsp3) is 0.421. The molecule has 1 aromatic heterocycles. The van der Waals surface area contributed by atoms with Gasteiger partial charge in [0.1, 0.15) is 5.01 Å². The van der Waals surface area contributed by atoms with Crippen molar-refractivity contribution in [2.24, 2.45) is 0 Å². The molecule has 29 heavy (non-hydrogen) atoms. The fourth-order valence-electron chi connectivity index (χ4n) is 2.48. The fourth-order valence-corrected chi connectivity index (χ4v) is 3.26. The number of carbonyl (C=O) groups excluding carboxylic acids is 2. The third-order valence-electron chi connectivity index (χ3n) is 3.89. The van der Waals surface area contributed by atoms with E-state index in [2.05, 4.69) is 4.98 Å². The van der Waals surface area contributed by atoms with Gasteiger partial charge >= 0.3 is 12.1 Å². The van der Waals surface area contributed by atoms with Crippen molar-refractivity contribution in [3.63, 3.8) is 0 Å². The third-order valence-corrected chi connectivity index (χ3v) is 4.72. The van der Waals surface area contributed by atoms with E-state index in [9.17, 15) is 22.8 Å². The van der Waals surface area contributed by atoms with Crippen LogP contribution in [0.15, 0.2) is 29.6 Å². The van der Waals surface area contributed by atoms with Gasteiger partial charge in [0.15, 0.2) is 5.69 Å². The molecule has 0 atom stereocenters. The highest BCUT2D eigenvalue weighted by molar-refractivity contribution is 7.09. The summed E-state index contributed by atoms with van der Waals surface area (Å²) >= 11 is 1.20. The predicted molar refractivity (Wildman–Crippen MR) is 101 cm³/mol. The first-order valence-electron chi connectivity index (χ1n) is 8.83. The Labute approximate surface area is 170 Å². The lowest BCUT2D eigenvalue weighted by Crippen LogP contribution is -2.32. The molecule has 0 radical (unpaired) electrons. The molecule has 2 rings (SSSR count). The monoisotopic (exact) mass is 430 g/mol. The Balaban J connectivity index is 2.16. The van der Waals surface area contributed by atoms with Crippen LogP contribution in [0.25, 0.3) is 0 Å². The van der Waals surface area contributed by atoms with Gasteiger partial charge in [-0.3, -0.25) is 4.79 Å². The van der Waals surface area contributed by atoms with Gasteiger partial charge in [0.2, 0.25) is 0 Å². The predicted octanol–water partition coefficient (Wildman–Crippen LogP) is 4.02. The molecule has 10 heteroatoms. The smallest absolute Gasteiger partial charge is 0.416 e. The van der Waals surface area contributed by atoms with Gasteiger partial charge in [0, 0.05) is 31.2 Å². The molecule has 0 aliphatic carbocycles. The van der Waals surface area contributed by atoms with Crippen LogP contribution >= 0.6 is 11.3 Å². The summed E-state index contributed by atoms with van der Waals surface area (Å²) in [6.45, 7) is 2.77. The number of esters is 1. The van der Waals surface area contributed by atoms with Crippen molar-refractivity contribution in [2.75, 3.05) is 26.9 Å². The summed E-state index contributed by atoms with van der Waals surface area (Å²) in [6, 6.07) is 4.06. The van der Waals surface area contributed by atoms with Crippen molar-refractivity contribution in [2.45, 2.75) is 26.1 Å². The summed E-state index contributed by atoms with van der Waals surface area (Å²) in [5, 5.41) is 2.06. The number of aromatic nitrogens is 1. The largest absolute Gasteiger partial charge is 0.461 e. The molecular formula is C19H21F3N2O4S. The third kappa shape index (κ3) is 6.53. The highest BCUT2D eigenvalue weighted by Crippen LogP contribution is 2.29. The molecule has 0 aliphatic heterocycles. The van der Waals surface area contributed by atoms with Crippen LogP contribution in [0.3, 0.4) is 0 Å². The van der Waals surface area contributed by atoms with Gasteiger partial charge in [-0.25, -0.2) is 9.78 Å². The zero-order valence-corrected chi connectivity index (χ0v) is 16.8. The molecule has 0 unspecified atom stereocenters. The molecule has 0 spiro atoms. The van der Waals surface area contributed by atoms with Crippen LogP contribution in [-0.2, 0) is 22.2 Å². The zero-order valence-electron chi connectivity index (χ0n) is 16.0. The van der Waals surface area contributed by atoms with E-state index in [-0.39, 0.29) is 24.4 Å². The van der Waals surface area contributed by atoms with Crippen molar-refractivity contribution in [1.29, 1.82) is 0 Å². The highest BCUT2D eigenvalue weighted by atomic mass is 32.1. The van der Waals surface area contributed by atoms with Crippen molar-refractivity contribution >= 4 is 23.2 Å². The molecule has 158 valence electrons. The van der Waals surface area contributed by atoms with Crippen molar-refractivity contribution in [3.8, 4) is 0 Å². The summed E-state index contributed by atoms with van der Waals surface area (Å²) in [6.07, 6.45) is -3.93. The Bertz CT molecular complexity index is 822. The number of halogens is 3. The highest BCUT2D eigenvalue weighted by Gasteiger charge is 2.30. The van der Waals surface area contributed by atoms with Crippen LogP contribution in [0.5, 0.6) is 0 Å². The Morgan fingerprint density at radius 2 is 1.90 bits per heavy atom. The van der Waals surface area contributed by atoms with Gasteiger partial charge in [-0.05, 0) is 37.6 Å². The SMILES string of the molecule is CCOC(=O)c1csc(CN(CCCOC)C(=O)c2ccc(C(F)(F)F)cc2)n1. The van der Waals surface area contributed by atoms with Crippen LogP contribution in [0, 0.1) is 0 Å². The number of hydrogen-bond acceptors (Lipinski definition) is 6. The van der Waals surface area contributed by atoms with Crippen molar-refractivity contribution in [3.05, 3.63) is 51.5 Å². The Morgan fingerprint density at radius 3 is 2.48 bits per heavy atom. The second-order valence-corrected chi connectivity index (χ2v) is 6.94. The van der Waals surface area contributed by atoms with E-state index in [0.717, 1.165) is 24.3 Å². The van der Waals surface area contributed by atoms with E-state index in [1.807, 2.05) is 0 Å². The average Bonchev–Trinajstić information content (AvgIpc) is 3.15. The maximum absolute atomic E-state index is 12.8. The van der Waals surface area contributed by atoms with Crippen molar-refractivity contribution < 1.29 is 32.2 Å².